The summed E-state index contributed by atoms with van der Waals surface area (Å²) in [5.74, 6) is 0.403. The molecule has 0 aromatic carbocycles. The van der Waals surface area contributed by atoms with Crippen LogP contribution in [0.2, 0.25) is 0 Å². The highest BCUT2D eigenvalue weighted by molar-refractivity contribution is 5.76. The summed E-state index contributed by atoms with van der Waals surface area (Å²) < 4.78 is 4.96. The summed E-state index contributed by atoms with van der Waals surface area (Å²) in [7, 11) is 1.65. The van der Waals surface area contributed by atoms with E-state index in [1.54, 1.807) is 7.11 Å². The fourth-order valence-corrected chi connectivity index (χ4v) is 1.19. The molecule has 0 saturated heterocycles. The van der Waals surface area contributed by atoms with Crippen LogP contribution in [0, 0.1) is 5.92 Å². The van der Waals surface area contributed by atoms with Gasteiger partial charge in [0.2, 0.25) is 5.91 Å². The van der Waals surface area contributed by atoms with Crippen LogP contribution in [0.5, 0.6) is 0 Å². The molecule has 1 amide bonds. The second-order valence-corrected chi connectivity index (χ2v) is 3.47. The van der Waals surface area contributed by atoms with Crippen molar-refractivity contribution in [3.63, 3.8) is 0 Å². The molecule has 0 spiro atoms. The number of hydrogen-bond acceptors (Lipinski definition) is 2. The van der Waals surface area contributed by atoms with E-state index >= 15 is 0 Å². The van der Waals surface area contributed by atoms with Crippen LogP contribution in [-0.4, -0.2) is 26.2 Å². The Bertz CT molecular complexity index is 178. The first-order valence-corrected chi connectivity index (χ1v) is 5.07. The molecule has 0 aliphatic heterocycles. The molecule has 1 atom stereocenters. The zero-order valence-electron chi connectivity index (χ0n) is 9.38. The highest BCUT2D eigenvalue weighted by Gasteiger charge is 2.07. The van der Waals surface area contributed by atoms with Gasteiger partial charge < -0.3 is 10.1 Å². The molecular weight excluding hydrogens is 178 g/mol. The van der Waals surface area contributed by atoms with Crippen molar-refractivity contribution in [2.75, 3.05) is 20.3 Å². The lowest BCUT2D eigenvalue weighted by molar-refractivity contribution is -0.122. The van der Waals surface area contributed by atoms with Gasteiger partial charge in [0.15, 0.2) is 0 Å². The molecule has 0 radical (unpaired) electrons. The van der Waals surface area contributed by atoms with E-state index in [4.69, 9.17) is 4.74 Å². The van der Waals surface area contributed by atoms with E-state index in [9.17, 15) is 4.79 Å². The summed E-state index contributed by atoms with van der Waals surface area (Å²) in [4.78, 5) is 11.3. The number of ether oxygens (including phenoxy) is 1. The Morgan fingerprint density at radius 3 is 2.86 bits per heavy atom. The third-order valence-corrected chi connectivity index (χ3v) is 1.85. The average molecular weight is 199 g/mol. The van der Waals surface area contributed by atoms with E-state index in [1.807, 2.05) is 26.0 Å². The van der Waals surface area contributed by atoms with Crippen molar-refractivity contribution in [2.24, 2.45) is 5.92 Å². The van der Waals surface area contributed by atoms with E-state index in [0.717, 1.165) is 13.0 Å². The average Bonchev–Trinajstić information content (AvgIpc) is 2.13. The highest BCUT2D eigenvalue weighted by Crippen LogP contribution is 2.01. The molecule has 0 saturated carbocycles. The van der Waals surface area contributed by atoms with Gasteiger partial charge in [-0.25, -0.2) is 0 Å². The molecule has 1 unspecified atom stereocenters. The fourth-order valence-electron chi connectivity index (χ4n) is 1.19. The van der Waals surface area contributed by atoms with Gasteiger partial charge in [0.1, 0.15) is 0 Å². The monoisotopic (exact) mass is 199 g/mol. The van der Waals surface area contributed by atoms with Crippen LogP contribution in [0.1, 0.15) is 26.7 Å². The van der Waals surface area contributed by atoms with Crippen molar-refractivity contribution in [1.82, 2.24) is 5.32 Å². The zero-order valence-corrected chi connectivity index (χ0v) is 9.38. The molecule has 14 heavy (non-hydrogen) atoms. The molecule has 0 bridgehead atoms. The first kappa shape index (κ1) is 13.2. The first-order chi connectivity index (χ1) is 6.70. The number of carbonyl (C=O) groups excluding carboxylic acids is 1. The van der Waals surface area contributed by atoms with Crippen LogP contribution < -0.4 is 5.32 Å². The molecule has 0 aromatic heterocycles. The second kappa shape index (κ2) is 8.75. The number of methoxy groups -OCH3 is 1. The van der Waals surface area contributed by atoms with Crippen molar-refractivity contribution in [3.05, 3.63) is 12.2 Å². The van der Waals surface area contributed by atoms with Crippen LogP contribution in [-0.2, 0) is 9.53 Å². The third kappa shape index (κ3) is 7.80. The Hall–Kier alpha value is -0.830. The largest absolute Gasteiger partial charge is 0.384 e. The maximum atomic E-state index is 11.3. The van der Waals surface area contributed by atoms with Gasteiger partial charge in [0.25, 0.3) is 0 Å². The lowest BCUT2D eigenvalue weighted by Crippen LogP contribution is -2.26. The van der Waals surface area contributed by atoms with Crippen LogP contribution in [0.15, 0.2) is 12.2 Å². The molecule has 0 aromatic rings. The summed E-state index contributed by atoms with van der Waals surface area (Å²) in [6.07, 6.45) is 5.48. The van der Waals surface area contributed by atoms with Crippen molar-refractivity contribution in [1.29, 1.82) is 0 Å². The minimum atomic E-state index is 0.110. The van der Waals surface area contributed by atoms with Crippen LogP contribution in [0.3, 0.4) is 0 Å². The lowest BCUT2D eigenvalue weighted by Gasteiger charge is -2.09. The molecule has 3 nitrogen and oxygen atoms in total. The lowest BCUT2D eigenvalue weighted by atomic mass is 10.1. The minimum Gasteiger partial charge on any atom is -0.384 e. The maximum Gasteiger partial charge on any atom is 0.220 e. The first-order valence-electron chi connectivity index (χ1n) is 5.07. The second-order valence-electron chi connectivity index (χ2n) is 3.47. The van der Waals surface area contributed by atoms with E-state index in [-0.39, 0.29) is 5.91 Å². The highest BCUT2D eigenvalue weighted by atomic mass is 16.5. The quantitative estimate of drug-likeness (QED) is 0.501. The molecule has 0 aliphatic carbocycles. The summed E-state index contributed by atoms with van der Waals surface area (Å²) in [6.45, 7) is 5.35. The predicted octanol–water partition coefficient (Wildman–Crippen LogP) is 1.74. The molecular formula is C11H21NO2. The molecule has 3 heteroatoms. The molecule has 0 heterocycles. The van der Waals surface area contributed by atoms with Gasteiger partial charge >= 0.3 is 0 Å². The third-order valence-electron chi connectivity index (χ3n) is 1.85. The fraction of sp³-hybridized carbons (Fsp3) is 0.727. The Morgan fingerprint density at radius 2 is 2.29 bits per heavy atom. The van der Waals surface area contributed by atoms with Crippen molar-refractivity contribution < 1.29 is 9.53 Å². The Kier molecular flexibility index (Phi) is 8.24. The summed E-state index contributed by atoms with van der Waals surface area (Å²) in [5.41, 5.74) is 0. The van der Waals surface area contributed by atoms with Gasteiger partial charge in [0, 0.05) is 26.7 Å². The SMILES string of the molecule is C/C=C/CCNC(=O)CC(C)COC. The van der Waals surface area contributed by atoms with Crippen LogP contribution >= 0.6 is 0 Å². The van der Waals surface area contributed by atoms with Crippen LogP contribution in [0.25, 0.3) is 0 Å². The number of amides is 1. The Morgan fingerprint density at radius 1 is 1.57 bits per heavy atom. The smallest absolute Gasteiger partial charge is 0.220 e. The number of allylic oxidation sites excluding steroid dienone is 1. The number of rotatable bonds is 7. The van der Waals surface area contributed by atoms with E-state index < -0.39 is 0 Å². The maximum absolute atomic E-state index is 11.3. The van der Waals surface area contributed by atoms with Gasteiger partial charge in [-0.3, -0.25) is 4.79 Å². The van der Waals surface area contributed by atoms with E-state index in [1.165, 1.54) is 0 Å². The van der Waals surface area contributed by atoms with Gasteiger partial charge in [-0.15, -0.1) is 0 Å². The van der Waals surface area contributed by atoms with Gasteiger partial charge in [-0.05, 0) is 19.3 Å². The zero-order chi connectivity index (χ0) is 10.8. The summed E-state index contributed by atoms with van der Waals surface area (Å²) in [5, 5.41) is 2.86. The minimum absolute atomic E-state index is 0.110. The van der Waals surface area contributed by atoms with Crippen molar-refractivity contribution in [2.45, 2.75) is 26.7 Å². The Balaban J connectivity index is 3.45. The normalized spacial score (nSPS) is 13.1. The molecule has 0 rings (SSSR count). The topological polar surface area (TPSA) is 38.3 Å². The van der Waals surface area contributed by atoms with Crippen molar-refractivity contribution in [3.8, 4) is 0 Å². The van der Waals surface area contributed by atoms with Gasteiger partial charge in [0.05, 0.1) is 0 Å². The van der Waals surface area contributed by atoms with Gasteiger partial charge in [-0.2, -0.15) is 0 Å². The number of carbonyl (C=O) groups is 1. The number of nitrogens with one attached hydrogen (secondary N) is 1. The summed E-state index contributed by atoms with van der Waals surface area (Å²) >= 11 is 0. The Labute approximate surface area is 86.5 Å². The molecule has 82 valence electrons. The predicted molar refractivity (Wildman–Crippen MR) is 58.1 cm³/mol. The van der Waals surface area contributed by atoms with E-state index in [2.05, 4.69) is 5.32 Å². The standard InChI is InChI=1S/C11H21NO2/c1-4-5-6-7-12-11(13)8-10(2)9-14-3/h4-5,10H,6-9H2,1-3H3,(H,12,13)/b5-4+. The molecule has 0 aliphatic rings. The van der Waals surface area contributed by atoms with E-state index in [0.29, 0.717) is 18.9 Å². The van der Waals surface area contributed by atoms with Gasteiger partial charge in [-0.1, -0.05) is 19.1 Å². The van der Waals surface area contributed by atoms with Crippen LogP contribution in [0.4, 0.5) is 0 Å². The van der Waals surface area contributed by atoms with Crippen molar-refractivity contribution >= 4 is 5.91 Å². The molecule has 1 N–H and O–H groups in total. The summed E-state index contributed by atoms with van der Waals surface area (Å²) in [6, 6.07) is 0. The molecule has 0 fully saturated rings. The number of hydrogen-bond donors (Lipinski definition) is 1.